The maximum Gasteiger partial charge on any atom is 0.412 e. The second-order valence-corrected chi connectivity index (χ2v) is 5.21. The Morgan fingerprint density at radius 2 is 1.83 bits per heavy atom. The molecule has 1 N–H and O–H groups in total. The number of carbonyl (C=O) groups excluding carboxylic acids is 2. The molecular weight excluding hydrogens is 230 g/mol. The monoisotopic (exact) mass is 249 g/mol. The van der Waals surface area contributed by atoms with Crippen LogP contribution in [-0.4, -0.2) is 17.5 Å². The third-order valence-electron chi connectivity index (χ3n) is 2.25. The van der Waals surface area contributed by atoms with Crippen molar-refractivity contribution in [1.82, 2.24) is 0 Å². The number of hydrogen-bond donors (Lipinski definition) is 1. The van der Waals surface area contributed by atoms with Crippen molar-refractivity contribution >= 4 is 17.6 Å². The van der Waals surface area contributed by atoms with Gasteiger partial charge in [-0.25, -0.2) is 4.79 Å². The van der Waals surface area contributed by atoms with Crippen LogP contribution in [-0.2, 0) is 4.74 Å². The van der Waals surface area contributed by atoms with Gasteiger partial charge in [-0.1, -0.05) is 0 Å². The lowest BCUT2D eigenvalue weighted by Gasteiger charge is -2.19. The summed E-state index contributed by atoms with van der Waals surface area (Å²) in [4.78, 5) is 22.8. The molecule has 4 heteroatoms. The molecule has 0 radical (unpaired) electrons. The number of rotatable bonds is 2. The maximum absolute atomic E-state index is 11.6. The quantitative estimate of drug-likeness (QED) is 0.815. The lowest BCUT2D eigenvalue weighted by atomic mass is 10.1. The third kappa shape index (κ3) is 4.20. The molecule has 0 bridgehead atoms. The van der Waals surface area contributed by atoms with Crippen LogP contribution >= 0.6 is 0 Å². The number of amides is 1. The van der Waals surface area contributed by atoms with Gasteiger partial charge >= 0.3 is 6.09 Å². The van der Waals surface area contributed by atoms with E-state index < -0.39 is 11.7 Å². The molecule has 0 atom stereocenters. The fraction of sp³-hybridized carbons (Fsp3) is 0.429. The highest BCUT2D eigenvalue weighted by molar-refractivity contribution is 5.96. The SMILES string of the molecule is CC(=O)c1ccc(NC(=O)OC(C)(C)C)cc1C. The first-order chi connectivity index (χ1) is 8.19. The number of Topliss-reactive ketones (excluding diaryl/α,β-unsaturated/α-hetero) is 1. The summed E-state index contributed by atoms with van der Waals surface area (Å²) in [5.74, 6) is 0.0105. The molecule has 0 fully saturated rings. The summed E-state index contributed by atoms with van der Waals surface area (Å²) in [5.41, 5.74) is 1.57. The molecule has 0 aliphatic carbocycles. The van der Waals surface area contributed by atoms with E-state index in [0.717, 1.165) is 5.56 Å². The normalized spacial score (nSPS) is 10.9. The van der Waals surface area contributed by atoms with Crippen LogP contribution in [0.25, 0.3) is 0 Å². The average Bonchev–Trinajstić information content (AvgIpc) is 2.13. The summed E-state index contributed by atoms with van der Waals surface area (Å²) < 4.78 is 5.14. The highest BCUT2D eigenvalue weighted by atomic mass is 16.6. The zero-order valence-corrected chi connectivity index (χ0v) is 11.5. The number of carbonyl (C=O) groups is 2. The van der Waals surface area contributed by atoms with E-state index in [4.69, 9.17) is 4.74 Å². The highest BCUT2D eigenvalue weighted by Gasteiger charge is 2.16. The van der Waals surface area contributed by atoms with E-state index >= 15 is 0 Å². The van der Waals surface area contributed by atoms with Gasteiger partial charge in [0.2, 0.25) is 0 Å². The fourth-order valence-electron chi connectivity index (χ4n) is 1.56. The summed E-state index contributed by atoms with van der Waals surface area (Å²) in [5, 5.41) is 2.63. The predicted octanol–water partition coefficient (Wildman–Crippen LogP) is 3.54. The van der Waals surface area contributed by atoms with Gasteiger partial charge in [0.25, 0.3) is 0 Å². The number of ether oxygens (including phenoxy) is 1. The van der Waals surface area contributed by atoms with Gasteiger partial charge in [-0.15, -0.1) is 0 Å². The van der Waals surface area contributed by atoms with Crippen LogP contribution in [0.2, 0.25) is 0 Å². The van der Waals surface area contributed by atoms with E-state index in [-0.39, 0.29) is 5.78 Å². The van der Waals surface area contributed by atoms with Crippen molar-refractivity contribution in [2.24, 2.45) is 0 Å². The van der Waals surface area contributed by atoms with Crippen molar-refractivity contribution in [3.05, 3.63) is 29.3 Å². The van der Waals surface area contributed by atoms with E-state index in [1.807, 2.05) is 6.92 Å². The molecule has 0 saturated carbocycles. The van der Waals surface area contributed by atoms with E-state index in [1.165, 1.54) is 6.92 Å². The van der Waals surface area contributed by atoms with Gasteiger partial charge in [0.05, 0.1) is 0 Å². The first-order valence-corrected chi connectivity index (χ1v) is 5.80. The third-order valence-corrected chi connectivity index (χ3v) is 2.25. The number of ketones is 1. The first-order valence-electron chi connectivity index (χ1n) is 5.80. The van der Waals surface area contributed by atoms with Crippen molar-refractivity contribution in [3.63, 3.8) is 0 Å². The van der Waals surface area contributed by atoms with Crippen molar-refractivity contribution in [3.8, 4) is 0 Å². The topological polar surface area (TPSA) is 55.4 Å². The summed E-state index contributed by atoms with van der Waals surface area (Å²) in [6.45, 7) is 8.75. The summed E-state index contributed by atoms with van der Waals surface area (Å²) in [7, 11) is 0. The summed E-state index contributed by atoms with van der Waals surface area (Å²) in [6.07, 6.45) is -0.502. The second-order valence-electron chi connectivity index (χ2n) is 5.21. The highest BCUT2D eigenvalue weighted by Crippen LogP contribution is 2.17. The van der Waals surface area contributed by atoms with Crippen molar-refractivity contribution in [2.45, 2.75) is 40.2 Å². The Labute approximate surface area is 107 Å². The summed E-state index contributed by atoms with van der Waals surface area (Å²) >= 11 is 0. The molecule has 0 aliphatic rings. The van der Waals surface area contributed by atoms with Crippen LogP contribution in [0.15, 0.2) is 18.2 Å². The molecule has 18 heavy (non-hydrogen) atoms. The summed E-state index contributed by atoms with van der Waals surface area (Å²) in [6, 6.07) is 5.14. The second kappa shape index (κ2) is 5.21. The average molecular weight is 249 g/mol. The van der Waals surface area contributed by atoms with E-state index in [1.54, 1.807) is 39.0 Å². The van der Waals surface area contributed by atoms with Crippen LogP contribution < -0.4 is 5.32 Å². The lowest BCUT2D eigenvalue weighted by molar-refractivity contribution is 0.0636. The molecular formula is C14H19NO3. The van der Waals surface area contributed by atoms with Crippen LogP contribution in [0.1, 0.15) is 43.6 Å². The molecule has 1 aromatic carbocycles. The lowest BCUT2D eigenvalue weighted by Crippen LogP contribution is -2.27. The molecule has 1 rings (SSSR count). The molecule has 4 nitrogen and oxygen atoms in total. The standard InChI is InChI=1S/C14H19NO3/c1-9-8-11(6-7-12(9)10(2)16)15-13(17)18-14(3,4)5/h6-8H,1-5H3,(H,15,17). The number of benzene rings is 1. The van der Waals surface area contributed by atoms with Gasteiger partial charge in [0.15, 0.2) is 5.78 Å². The van der Waals surface area contributed by atoms with E-state index in [9.17, 15) is 9.59 Å². The maximum atomic E-state index is 11.6. The Hall–Kier alpha value is -1.84. The van der Waals surface area contributed by atoms with Gasteiger partial charge in [-0.2, -0.15) is 0 Å². The van der Waals surface area contributed by atoms with E-state index in [2.05, 4.69) is 5.32 Å². The van der Waals surface area contributed by atoms with Gasteiger partial charge in [-0.3, -0.25) is 10.1 Å². The van der Waals surface area contributed by atoms with Crippen LogP contribution in [0.4, 0.5) is 10.5 Å². The van der Waals surface area contributed by atoms with Crippen LogP contribution in [0.5, 0.6) is 0 Å². The molecule has 1 amide bonds. The minimum absolute atomic E-state index is 0.0105. The Balaban J connectivity index is 2.78. The fourth-order valence-corrected chi connectivity index (χ4v) is 1.56. The molecule has 0 saturated heterocycles. The molecule has 1 aromatic rings. The molecule has 98 valence electrons. The van der Waals surface area contributed by atoms with Crippen LogP contribution in [0.3, 0.4) is 0 Å². The smallest absolute Gasteiger partial charge is 0.412 e. The zero-order chi connectivity index (χ0) is 13.9. The van der Waals surface area contributed by atoms with E-state index in [0.29, 0.717) is 11.3 Å². The van der Waals surface area contributed by atoms with Crippen LogP contribution in [0, 0.1) is 6.92 Å². The molecule has 0 heterocycles. The zero-order valence-electron chi connectivity index (χ0n) is 11.5. The number of aryl methyl sites for hydroxylation is 1. The minimum atomic E-state index is -0.529. The predicted molar refractivity (Wildman–Crippen MR) is 71.0 cm³/mol. The van der Waals surface area contributed by atoms with Crippen molar-refractivity contribution in [1.29, 1.82) is 0 Å². The van der Waals surface area contributed by atoms with Gasteiger partial charge in [0.1, 0.15) is 5.60 Å². The molecule has 0 aromatic heterocycles. The van der Waals surface area contributed by atoms with Gasteiger partial charge in [-0.05, 0) is 58.4 Å². The van der Waals surface area contributed by atoms with Gasteiger partial charge < -0.3 is 4.74 Å². The van der Waals surface area contributed by atoms with Crippen molar-refractivity contribution in [2.75, 3.05) is 5.32 Å². The Bertz CT molecular complexity index is 472. The Morgan fingerprint density at radius 1 is 1.22 bits per heavy atom. The Kier molecular flexibility index (Phi) is 4.11. The Morgan fingerprint density at radius 3 is 2.28 bits per heavy atom. The number of hydrogen-bond acceptors (Lipinski definition) is 3. The number of nitrogens with one attached hydrogen (secondary N) is 1. The molecule has 0 unspecified atom stereocenters. The molecule has 0 spiro atoms. The van der Waals surface area contributed by atoms with Gasteiger partial charge in [0, 0.05) is 11.3 Å². The molecule has 0 aliphatic heterocycles. The number of anilines is 1. The first kappa shape index (κ1) is 14.2. The largest absolute Gasteiger partial charge is 0.444 e. The van der Waals surface area contributed by atoms with Crippen molar-refractivity contribution < 1.29 is 14.3 Å². The minimum Gasteiger partial charge on any atom is -0.444 e.